The highest BCUT2D eigenvalue weighted by Gasteiger charge is 2.20. The van der Waals surface area contributed by atoms with Gasteiger partial charge >= 0.3 is 12.6 Å². The van der Waals surface area contributed by atoms with Crippen molar-refractivity contribution >= 4 is 17.6 Å². The Bertz CT molecular complexity index is 1210. The number of amides is 1. The number of anilines is 1. The number of benzene rings is 3. The average molecular weight is 464 g/mol. The van der Waals surface area contributed by atoms with E-state index < -0.39 is 25.1 Å². The third-order valence-electron chi connectivity index (χ3n) is 4.52. The predicted octanol–water partition coefficient (Wildman–Crippen LogP) is 4.33. The number of carbonyl (C=O) groups excluding carboxylic acids is 2. The molecule has 8 nitrogen and oxygen atoms in total. The van der Waals surface area contributed by atoms with Crippen LogP contribution in [0, 0.1) is 0 Å². The van der Waals surface area contributed by atoms with E-state index in [0.717, 1.165) is 5.56 Å². The summed E-state index contributed by atoms with van der Waals surface area (Å²) in [7, 11) is 0. The highest BCUT2D eigenvalue weighted by Crippen LogP contribution is 2.21. The zero-order valence-corrected chi connectivity index (χ0v) is 17.6. The fourth-order valence-electron chi connectivity index (χ4n) is 3.03. The smallest absolute Gasteiger partial charge is 0.387 e. The summed E-state index contributed by atoms with van der Waals surface area (Å²) in [6.45, 7) is -3.53. The van der Waals surface area contributed by atoms with Crippen LogP contribution in [-0.4, -0.2) is 39.9 Å². The predicted molar refractivity (Wildman–Crippen MR) is 119 cm³/mol. The Kier molecular flexibility index (Phi) is 6.87. The van der Waals surface area contributed by atoms with E-state index in [0.29, 0.717) is 17.2 Å². The summed E-state index contributed by atoms with van der Waals surface area (Å²) < 4.78 is 35.3. The van der Waals surface area contributed by atoms with E-state index in [1.165, 1.54) is 28.9 Å². The maximum absolute atomic E-state index is 12.5. The van der Waals surface area contributed by atoms with Gasteiger partial charge in [-0.3, -0.25) is 4.79 Å². The Balaban J connectivity index is 1.44. The molecule has 1 aromatic heterocycles. The summed E-state index contributed by atoms with van der Waals surface area (Å²) >= 11 is 0. The minimum atomic E-state index is -2.94. The van der Waals surface area contributed by atoms with Crippen LogP contribution in [0.3, 0.4) is 0 Å². The molecule has 0 radical (unpaired) electrons. The Hall–Kier alpha value is -4.60. The lowest BCUT2D eigenvalue weighted by molar-refractivity contribution is -0.119. The molecule has 0 saturated carbocycles. The van der Waals surface area contributed by atoms with E-state index in [-0.39, 0.29) is 11.6 Å². The van der Waals surface area contributed by atoms with Crippen molar-refractivity contribution in [3.05, 3.63) is 90.8 Å². The molecule has 0 bridgehead atoms. The quantitative estimate of drug-likeness (QED) is 0.390. The minimum absolute atomic E-state index is 0.0475. The van der Waals surface area contributed by atoms with Crippen molar-refractivity contribution < 1.29 is 27.8 Å². The van der Waals surface area contributed by atoms with E-state index in [9.17, 15) is 18.4 Å². The van der Waals surface area contributed by atoms with E-state index >= 15 is 0 Å². The van der Waals surface area contributed by atoms with Crippen LogP contribution in [0.4, 0.5) is 14.5 Å². The SMILES string of the molecule is O=C(COC(=O)c1nc(-c2ccccc2)n(-c2ccccc2)n1)Nc1ccc(OC(F)F)cc1. The lowest BCUT2D eigenvalue weighted by Crippen LogP contribution is -2.21. The number of para-hydroxylation sites is 1. The Morgan fingerprint density at radius 1 is 0.912 bits per heavy atom. The molecule has 4 rings (SSSR count). The maximum atomic E-state index is 12.5. The number of aromatic nitrogens is 3. The number of hydrogen-bond donors (Lipinski definition) is 1. The number of halogens is 2. The lowest BCUT2D eigenvalue weighted by atomic mass is 10.2. The monoisotopic (exact) mass is 464 g/mol. The number of ether oxygens (including phenoxy) is 2. The molecular weight excluding hydrogens is 446 g/mol. The third kappa shape index (κ3) is 5.60. The fraction of sp³-hybridized carbons (Fsp3) is 0.0833. The van der Waals surface area contributed by atoms with Gasteiger partial charge in [0.2, 0.25) is 0 Å². The number of esters is 1. The number of nitrogens with zero attached hydrogens (tertiary/aromatic N) is 3. The van der Waals surface area contributed by atoms with Crippen LogP contribution in [0.25, 0.3) is 17.1 Å². The van der Waals surface area contributed by atoms with E-state index in [1.807, 2.05) is 60.7 Å². The molecule has 0 saturated heterocycles. The average Bonchev–Trinajstić information content (AvgIpc) is 3.30. The second kappa shape index (κ2) is 10.3. The first-order valence-electron chi connectivity index (χ1n) is 10.1. The molecule has 0 aliphatic carbocycles. The largest absolute Gasteiger partial charge is 0.450 e. The Morgan fingerprint density at radius 3 is 2.21 bits per heavy atom. The molecule has 0 fully saturated rings. The lowest BCUT2D eigenvalue weighted by Gasteiger charge is -2.07. The van der Waals surface area contributed by atoms with Crippen molar-refractivity contribution in [2.45, 2.75) is 6.61 Å². The molecule has 1 heterocycles. The molecule has 0 aliphatic rings. The molecule has 172 valence electrons. The number of alkyl halides is 2. The zero-order chi connectivity index (χ0) is 23.9. The third-order valence-corrected chi connectivity index (χ3v) is 4.52. The molecule has 1 amide bonds. The number of nitrogens with one attached hydrogen (secondary N) is 1. The number of carbonyl (C=O) groups is 2. The summed E-state index contributed by atoms with van der Waals surface area (Å²) in [6, 6.07) is 23.7. The highest BCUT2D eigenvalue weighted by molar-refractivity contribution is 5.94. The van der Waals surface area contributed by atoms with E-state index in [4.69, 9.17) is 4.74 Å². The van der Waals surface area contributed by atoms with Gasteiger partial charge in [-0.2, -0.15) is 8.78 Å². The summed E-state index contributed by atoms with van der Waals surface area (Å²) in [6.07, 6.45) is 0. The van der Waals surface area contributed by atoms with E-state index in [1.54, 1.807) is 0 Å². The summed E-state index contributed by atoms with van der Waals surface area (Å²) in [4.78, 5) is 29.0. The van der Waals surface area contributed by atoms with Gasteiger partial charge in [0.25, 0.3) is 11.7 Å². The van der Waals surface area contributed by atoms with Crippen LogP contribution in [0.1, 0.15) is 10.6 Å². The van der Waals surface area contributed by atoms with Gasteiger partial charge in [-0.25, -0.2) is 14.5 Å². The molecule has 1 N–H and O–H groups in total. The Labute approximate surface area is 192 Å². The molecule has 0 unspecified atom stereocenters. The van der Waals surface area contributed by atoms with Crippen LogP contribution in [0.15, 0.2) is 84.9 Å². The van der Waals surface area contributed by atoms with Crippen molar-refractivity contribution in [3.8, 4) is 22.8 Å². The van der Waals surface area contributed by atoms with Gasteiger partial charge in [0.15, 0.2) is 12.4 Å². The molecule has 10 heteroatoms. The van der Waals surface area contributed by atoms with Gasteiger partial charge in [-0.15, -0.1) is 5.10 Å². The van der Waals surface area contributed by atoms with Gasteiger partial charge in [0, 0.05) is 11.3 Å². The number of hydrogen-bond acceptors (Lipinski definition) is 6. The Morgan fingerprint density at radius 2 is 1.56 bits per heavy atom. The zero-order valence-electron chi connectivity index (χ0n) is 17.6. The first-order valence-corrected chi connectivity index (χ1v) is 10.1. The van der Waals surface area contributed by atoms with E-state index in [2.05, 4.69) is 20.1 Å². The fourth-order valence-corrected chi connectivity index (χ4v) is 3.03. The van der Waals surface area contributed by atoms with Crippen LogP contribution in [-0.2, 0) is 9.53 Å². The van der Waals surface area contributed by atoms with Crippen LogP contribution in [0.2, 0.25) is 0 Å². The van der Waals surface area contributed by atoms with Crippen molar-refractivity contribution in [2.75, 3.05) is 11.9 Å². The molecular formula is C24H18F2N4O4. The molecule has 0 spiro atoms. The maximum Gasteiger partial charge on any atom is 0.387 e. The molecule has 0 atom stereocenters. The van der Waals surface area contributed by atoms with Crippen LogP contribution < -0.4 is 10.1 Å². The first kappa shape index (κ1) is 22.6. The highest BCUT2D eigenvalue weighted by atomic mass is 19.3. The van der Waals surface area contributed by atoms with Gasteiger partial charge < -0.3 is 14.8 Å². The second-order valence-corrected chi connectivity index (χ2v) is 6.90. The standard InChI is InChI=1S/C24H18F2N4O4/c25-24(26)34-19-13-11-17(12-14-19)27-20(31)15-33-23(32)21-28-22(16-7-3-1-4-8-16)30(29-21)18-9-5-2-6-10-18/h1-14,24H,15H2,(H,27,31). The minimum Gasteiger partial charge on any atom is -0.450 e. The topological polar surface area (TPSA) is 95.3 Å². The molecule has 3 aromatic carbocycles. The van der Waals surface area contributed by atoms with Crippen molar-refractivity contribution in [1.29, 1.82) is 0 Å². The van der Waals surface area contributed by atoms with Gasteiger partial charge in [0.1, 0.15) is 5.75 Å². The summed E-state index contributed by atoms with van der Waals surface area (Å²) in [5.41, 5.74) is 1.76. The van der Waals surface area contributed by atoms with Crippen molar-refractivity contribution in [1.82, 2.24) is 14.8 Å². The molecule has 4 aromatic rings. The molecule has 34 heavy (non-hydrogen) atoms. The normalized spacial score (nSPS) is 10.7. The summed E-state index contributed by atoms with van der Waals surface area (Å²) in [5, 5.41) is 6.77. The number of rotatable bonds is 8. The van der Waals surface area contributed by atoms with Gasteiger partial charge in [-0.05, 0) is 36.4 Å². The van der Waals surface area contributed by atoms with Crippen LogP contribution >= 0.6 is 0 Å². The van der Waals surface area contributed by atoms with Crippen molar-refractivity contribution in [2.24, 2.45) is 0 Å². The van der Waals surface area contributed by atoms with Gasteiger partial charge in [-0.1, -0.05) is 48.5 Å². The van der Waals surface area contributed by atoms with Crippen molar-refractivity contribution in [3.63, 3.8) is 0 Å². The van der Waals surface area contributed by atoms with Crippen LogP contribution in [0.5, 0.6) is 5.75 Å². The second-order valence-electron chi connectivity index (χ2n) is 6.90. The first-order chi connectivity index (χ1) is 16.5. The molecule has 0 aliphatic heterocycles. The van der Waals surface area contributed by atoms with Gasteiger partial charge in [0.05, 0.1) is 5.69 Å². The summed E-state index contributed by atoms with van der Waals surface area (Å²) in [5.74, 6) is -1.31.